The van der Waals surface area contributed by atoms with E-state index < -0.39 is 0 Å². The van der Waals surface area contributed by atoms with Gasteiger partial charge in [-0.25, -0.2) is 0 Å². The summed E-state index contributed by atoms with van der Waals surface area (Å²) in [6.07, 6.45) is 6.58. The van der Waals surface area contributed by atoms with E-state index in [9.17, 15) is 0 Å². The van der Waals surface area contributed by atoms with Gasteiger partial charge in [0.15, 0.2) is 0 Å². The van der Waals surface area contributed by atoms with Crippen LogP contribution in [0.15, 0.2) is 72.4 Å². The first-order chi connectivity index (χ1) is 13.8. The van der Waals surface area contributed by atoms with Crippen molar-refractivity contribution in [1.82, 2.24) is 9.88 Å². The molecule has 0 N–H and O–H groups in total. The highest BCUT2D eigenvalue weighted by atomic mass is 32.1. The highest BCUT2D eigenvalue weighted by Crippen LogP contribution is 2.45. The molecule has 4 heteroatoms. The van der Waals surface area contributed by atoms with Crippen molar-refractivity contribution >= 4 is 16.3 Å². The Morgan fingerprint density at radius 1 is 1.00 bits per heavy atom. The molecule has 2 bridgehead atoms. The minimum Gasteiger partial charge on any atom is -0.362 e. The zero-order valence-corrected chi connectivity index (χ0v) is 17.1. The molecule has 3 nitrogen and oxygen atoms in total. The Morgan fingerprint density at radius 2 is 1.79 bits per heavy atom. The summed E-state index contributed by atoms with van der Waals surface area (Å²) in [6, 6.07) is 20.8. The van der Waals surface area contributed by atoms with Crippen LogP contribution >= 0.6 is 11.3 Å². The summed E-state index contributed by atoms with van der Waals surface area (Å²) in [6.45, 7) is 2.43. The van der Waals surface area contributed by atoms with Gasteiger partial charge in [0.1, 0.15) is 0 Å². The third-order valence-corrected chi connectivity index (χ3v) is 7.63. The van der Waals surface area contributed by atoms with E-state index in [2.05, 4.69) is 88.0 Å². The largest absolute Gasteiger partial charge is 0.362 e. The Bertz CT molecular complexity index is 833. The second kappa shape index (κ2) is 7.69. The first kappa shape index (κ1) is 17.9. The van der Waals surface area contributed by atoms with E-state index in [1.54, 1.807) is 0 Å². The first-order valence-electron chi connectivity index (χ1n) is 10.3. The number of fused-ring (bicyclic) bond motifs is 3. The van der Waals surface area contributed by atoms with E-state index in [1.165, 1.54) is 42.1 Å². The third kappa shape index (κ3) is 3.15. The lowest BCUT2D eigenvalue weighted by molar-refractivity contribution is 0.0187. The molecule has 28 heavy (non-hydrogen) atoms. The molecule has 3 aliphatic rings. The maximum atomic E-state index is 4.48. The van der Waals surface area contributed by atoms with Gasteiger partial charge < -0.3 is 4.90 Å². The normalized spacial score (nSPS) is 27.5. The van der Waals surface area contributed by atoms with Gasteiger partial charge in [-0.05, 0) is 66.6 Å². The zero-order valence-electron chi connectivity index (χ0n) is 16.3. The molecule has 3 fully saturated rings. The van der Waals surface area contributed by atoms with Crippen molar-refractivity contribution in [3.05, 3.63) is 83.5 Å². The van der Waals surface area contributed by atoms with E-state index in [0.717, 1.165) is 5.92 Å². The molecule has 1 aromatic carbocycles. The van der Waals surface area contributed by atoms with Crippen LogP contribution in [-0.2, 0) is 0 Å². The number of pyridine rings is 1. The summed E-state index contributed by atoms with van der Waals surface area (Å²) in [4.78, 5) is 9.79. The minimum atomic E-state index is 0.338. The first-order valence-corrected chi connectivity index (χ1v) is 11.2. The number of piperidine rings is 3. The number of anilines is 1. The van der Waals surface area contributed by atoms with Crippen molar-refractivity contribution in [2.75, 3.05) is 25.0 Å². The summed E-state index contributed by atoms with van der Waals surface area (Å²) in [7, 11) is 2.30. The molecule has 0 radical (unpaired) electrons. The molecular weight excluding hydrogens is 362 g/mol. The molecule has 3 atom stereocenters. The molecule has 5 heterocycles. The second-order valence-electron chi connectivity index (χ2n) is 8.09. The summed E-state index contributed by atoms with van der Waals surface area (Å²) in [5.41, 5.74) is 2.73. The predicted molar refractivity (Wildman–Crippen MR) is 117 cm³/mol. The number of likely N-dealkylation sites (N-methyl/N-ethyl adjacent to an activating group) is 1. The Morgan fingerprint density at radius 3 is 2.46 bits per heavy atom. The zero-order chi connectivity index (χ0) is 18.9. The summed E-state index contributed by atoms with van der Waals surface area (Å²) in [5, 5.41) is 3.57. The number of hydrogen-bond acceptors (Lipinski definition) is 4. The fraction of sp³-hybridized carbons (Fsp3) is 0.375. The van der Waals surface area contributed by atoms with E-state index in [-0.39, 0.29) is 0 Å². The van der Waals surface area contributed by atoms with Crippen LogP contribution < -0.4 is 4.90 Å². The van der Waals surface area contributed by atoms with Gasteiger partial charge in [-0.1, -0.05) is 36.4 Å². The molecule has 0 aliphatic carbocycles. The Hall–Kier alpha value is -2.17. The number of aromatic nitrogens is 1. The summed E-state index contributed by atoms with van der Waals surface area (Å²) < 4.78 is 0. The second-order valence-corrected chi connectivity index (χ2v) is 9.02. The Kier molecular flexibility index (Phi) is 4.91. The predicted octanol–water partition coefficient (Wildman–Crippen LogP) is 4.87. The van der Waals surface area contributed by atoms with Crippen LogP contribution in [0.3, 0.4) is 0 Å². The number of nitrogens with zero attached hydrogens (tertiary/aromatic N) is 3. The quantitative estimate of drug-likeness (QED) is 0.620. The molecule has 0 saturated carbocycles. The van der Waals surface area contributed by atoms with Gasteiger partial charge in [-0.2, -0.15) is 0 Å². The monoisotopic (exact) mass is 389 g/mol. The van der Waals surface area contributed by atoms with Crippen LogP contribution in [-0.4, -0.2) is 42.1 Å². The summed E-state index contributed by atoms with van der Waals surface area (Å²) in [5.74, 6) is 1.09. The van der Waals surface area contributed by atoms with E-state index >= 15 is 0 Å². The van der Waals surface area contributed by atoms with Crippen LogP contribution in [0.5, 0.6) is 0 Å². The van der Waals surface area contributed by atoms with Gasteiger partial charge in [0.2, 0.25) is 0 Å². The maximum absolute atomic E-state index is 4.48. The van der Waals surface area contributed by atoms with Crippen LogP contribution in [0.1, 0.15) is 29.9 Å². The molecular formula is C24H27N3S. The molecule has 6 rings (SSSR count). The lowest BCUT2D eigenvalue weighted by Gasteiger charge is -2.56. The van der Waals surface area contributed by atoms with Crippen LogP contribution in [0.4, 0.5) is 5.00 Å². The van der Waals surface area contributed by atoms with Gasteiger partial charge >= 0.3 is 0 Å². The van der Waals surface area contributed by atoms with Gasteiger partial charge in [-0.15, -0.1) is 11.3 Å². The summed E-state index contributed by atoms with van der Waals surface area (Å²) >= 11 is 1.85. The fourth-order valence-electron chi connectivity index (χ4n) is 5.43. The Balaban J connectivity index is 1.61. The van der Waals surface area contributed by atoms with Crippen LogP contribution in [0.2, 0.25) is 0 Å². The van der Waals surface area contributed by atoms with Crippen molar-refractivity contribution in [3.63, 3.8) is 0 Å². The molecule has 2 aromatic heterocycles. The topological polar surface area (TPSA) is 19.4 Å². The molecule has 3 aliphatic heterocycles. The highest BCUT2D eigenvalue weighted by Gasteiger charge is 2.48. The van der Waals surface area contributed by atoms with Gasteiger partial charge in [-0.3, -0.25) is 9.88 Å². The lowest BCUT2D eigenvalue weighted by Crippen LogP contribution is -2.64. The van der Waals surface area contributed by atoms with Crippen molar-refractivity contribution in [2.24, 2.45) is 5.92 Å². The van der Waals surface area contributed by atoms with Crippen molar-refractivity contribution in [1.29, 1.82) is 0 Å². The minimum absolute atomic E-state index is 0.338. The van der Waals surface area contributed by atoms with Gasteiger partial charge in [0.25, 0.3) is 0 Å². The van der Waals surface area contributed by atoms with Crippen LogP contribution in [0.25, 0.3) is 0 Å². The van der Waals surface area contributed by atoms with Crippen molar-refractivity contribution < 1.29 is 0 Å². The number of hydrogen-bond donors (Lipinski definition) is 0. The smallest absolute Gasteiger partial charge is 0.0909 e. The van der Waals surface area contributed by atoms with E-state index in [0.29, 0.717) is 18.0 Å². The van der Waals surface area contributed by atoms with Crippen LogP contribution in [0, 0.1) is 5.92 Å². The maximum Gasteiger partial charge on any atom is 0.0909 e. The van der Waals surface area contributed by atoms with Crippen molar-refractivity contribution in [2.45, 2.75) is 30.8 Å². The highest BCUT2D eigenvalue weighted by molar-refractivity contribution is 7.14. The fourth-order valence-corrected chi connectivity index (χ4v) is 6.17. The SMILES string of the molecule is CN(c1cccs1)[C@@H]1C2CCN(CC2)[C@@H]1[C@@H](c1ccccc1)c1cccnc1. The molecule has 0 unspecified atom stereocenters. The molecule has 0 amide bonds. The number of benzene rings is 1. The van der Waals surface area contributed by atoms with Gasteiger partial charge in [0.05, 0.1) is 5.00 Å². The van der Waals surface area contributed by atoms with E-state index in [4.69, 9.17) is 0 Å². The standard InChI is InChI=1S/C24H27N3S/c1-26(21-10-6-16-28-21)23-19-11-14-27(15-12-19)24(23)22(18-7-3-2-4-8-18)20-9-5-13-25-17-20/h2-10,13,16-17,19,22-24H,11-12,14-15H2,1H3/t22-,23+,24+/m0/s1. The number of rotatable bonds is 5. The third-order valence-electron chi connectivity index (χ3n) is 6.67. The average molecular weight is 390 g/mol. The molecule has 3 saturated heterocycles. The van der Waals surface area contributed by atoms with Crippen molar-refractivity contribution in [3.8, 4) is 0 Å². The average Bonchev–Trinajstić information content (AvgIpc) is 3.31. The number of thiophene rings is 1. The molecule has 144 valence electrons. The van der Waals surface area contributed by atoms with E-state index in [1.807, 2.05) is 17.5 Å². The van der Waals surface area contributed by atoms with Gasteiger partial charge in [0, 0.05) is 37.4 Å². The molecule has 0 spiro atoms. The molecule has 3 aromatic rings. The Labute approximate surface area is 171 Å². The lowest BCUT2D eigenvalue weighted by atomic mass is 9.70.